The first-order valence-corrected chi connectivity index (χ1v) is 8.59. The van der Waals surface area contributed by atoms with Gasteiger partial charge < -0.3 is 15.4 Å². The zero-order chi connectivity index (χ0) is 19.6. The molecule has 6 nitrogen and oxygen atoms in total. The number of ether oxygens (including phenoxy) is 1. The highest BCUT2D eigenvalue weighted by Gasteiger charge is 2.11. The van der Waals surface area contributed by atoms with E-state index in [-0.39, 0.29) is 11.8 Å². The lowest BCUT2D eigenvalue weighted by Crippen LogP contribution is -2.25. The first kappa shape index (κ1) is 19.9. The topological polar surface area (TPSA) is 84.5 Å². The third-order valence-corrected chi connectivity index (χ3v) is 3.72. The van der Waals surface area contributed by atoms with Crippen molar-refractivity contribution in [2.75, 3.05) is 19.0 Å². The van der Waals surface area contributed by atoms with Crippen molar-refractivity contribution in [3.8, 4) is 0 Å². The van der Waals surface area contributed by atoms with Crippen LogP contribution in [0, 0.1) is 0 Å². The summed E-state index contributed by atoms with van der Waals surface area (Å²) in [7, 11) is 1.32. The number of hydrogen-bond donors (Lipinski definition) is 2. The summed E-state index contributed by atoms with van der Waals surface area (Å²) in [6.45, 7) is 2.54. The van der Waals surface area contributed by atoms with E-state index in [0.717, 1.165) is 12.0 Å². The summed E-state index contributed by atoms with van der Waals surface area (Å²) in [6.07, 6.45) is 3.82. The molecule has 0 unspecified atom stereocenters. The minimum absolute atomic E-state index is 0.227. The van der Waals surface area contributed by atoms with Crippen LogP contribution >= 0.6 is 0 Å². The summed E-state index contributed by atoms with van der Waals surface area (Å²) < 4.78 is 4.64. The maximum Gasteiger partial charge on any atom is 0.337 e. The Kier molecular flexibility index (Phi) is 7.31. The van der Waals surface area contributed by atoms with Gasteiger partial charge >= 0.3 is 5.97 Å². The van der Waals surface area contributed by atoms with Gasteiger partial charge in [0.05, 0.1) is 23.9 Å². The predicted octanol–water partition coefficient (Wildman–Crippen LogP) is 3.26. The number of carbonyl (C=O) groups is 3. The monoisotopic (exact) mass is 366 g/mol. The van der Waals surface area contributed by atoms with Gasteiger partial charge in [0.15, 0.2) is 0 Å². The number of anilines is 1. The SMILES string of the molecule is CCCNC(=O)c1ccccc1NC(=O)/C=C/c1ccc(C(=O)OC)cc1. The Labute approximate surface area is 158 Å². The fourth-order valence-corrected chi connectivity index (χ4v) is 2.32. The Hall–Kier alpha value is -3.41. The van der Waals surface area contributed by atoms with Crippen molar-refractivity contribution in [2.45, 2.75) is 13.3 Å². The molecule has 0 aliphatic rings. The largest absolute Gasteiger partial charge is 0.465 e. The summed E-state index contributed by atoms with van der Waals surface area (Å²) in [6, 6.07) is 13.5. The summed E-state index contributed by atoms with van der Waals surface area (Å²) in [5.74, 6) is -1.00. The molecule has 0 saturated heterocycles. The van der Waals surface area contributed by atoms with Crippen LogP contribution in [0.1, 0.15) is 39.6 Å². The minimum atomic E-state index is -0.416. The lowest BCUT2D eigenvalue weighted by molar-refractivity contribution is -0.111. The van der Waals surface area contributed by atoms with Gasteiger partial charge in [0.25, 0.3) is 5.91 Å². The average molecular weight is 366 g/mol. The zero-order valence-electron chi connectivity index (χ0n) is 15.3. The van der Waals surface area contributed by atoms with Crippen molar-refractivity contribution >= 4 is 29.5 Å². The summed E-state index contributed by atoms with van der Waals surface area (Å²) in [5.41, 5.74) is 2.05. The van der Waals surface area contributed by atoms with Crippen molar-refractivity contribution < 1.29 is 19.1 Å². The molecule has 2 aromatic carbocycles. The van der Waals surface area contributed by atoms with E-state index in [0.29, 0.717) is 23.4 Å². The molecular weight excluding hydrogens is 344 g/mol. The van der Waals surface area contributed by atoms with Gasteiger partial charge in [0, 0.05) is 12.6 Å². The van der Waals surface area contributed by atoms with E-state index in [1.165, 1.54) is 13.2 Å². The zero-order valence-corrected chi connectivity index (χ0v) is 15.3. The van der Waals surface area contributed by atoms with Gasteiger partial charge in [-0.25, -0.2) is 4.79 Å². The Balaban J connectivity index is 2.04. The van der Waals surface area contributed by atoms with E-state index in [9.17, 15) is 14.4 Å². The molecule has 2 aromatic rings. The second kappa shape index (κ2) is 9.91. The molecule has 0 aliphatic carbocycles. The van der Waals surface area contributed by atoms with Gasteiger partial charge in [0.1, 0.15) is 0 Å². The number of rotatable bonds is 7. The molecule has 0 atom stereocenters. The van der Waals surface area contributed by atoms with Crippen LogP contribution in [0.3, 0.4) is 0 Å². The highest BCUT2D eigenvalue weighted by molar-refractivity contribution is 6.07. The molecule has 0 spiro atoms. The van der Waals surface area contributed by atoms with Gasteiger partial charge in [-0.05, 0) is 42.3 Å². The number of hydrogen-bond acceptors (Lipinski definition) is 4. The molecule has 0 saturated carbocycles. The van der Waals surface area contributed by atoms with E-state index in [4.69, 9.17) is 0 Å². The molecule has 0 aromatic heterocycles. The molecule has 2 rings (SSSR count). The lowest BCUT2D eigenvalue weighted by atomic mass is 10.1. The summed E-state index contributed by atoms with van der Waals surface area (Å²) in [5, 5.41) is 5.51. The van der Waals surface area contributed by atoms with Crippen LogP contribution in [0.2, 0.25) is 0 Å². The third kappa shape index (κ3) is 5.81. The number of methoxy groups -OCH3 is 1. The van der Waals surface area contributed by atoms with E-state index in [1.54, 1.807) is 54.6 Å². The number of esters is 1. The lowest BCUT2D eigenvalue weighted by Gasteiger charge is -2.10. The first-order chi connectivity index (χ1) is 13.0. The van der Waals surface area contributed by atoms with Crippen LogP contribution in [-0.4, -0.2) is 31.4 Å². The van der Waals surface area contributed by atoms with Gasteiger partial charge in [0.2, 0.25) is 5.91 Å². The standard InChI is InChI=1S/C21H22N2O4/c1-3-14-22-20(25)17-6-4-5-7-18(17)23-19(24)13-10-15-8-11-16(12-9-15)21(26)27-2/h4-13H,3,14H2,1-2H3,(H,22,25)(H,23,24)/b13-10+. The van der Waals surface area contributed by atoms with Gasteiger partial charge in [-0.3, -0.25) is 9.59 Å². The second-order valence-electron chi connectivity index (χ2n) is 5.74. The van der Waals surface area contributed by atoms with Crippen LogP contribution < -0.4 is 10.6 Å². The van der Waals surface area contributed by atoms with Gasteiger partial charge in [-0.2, -0.15) is 0 Å². The van der Waals surface area contributed by atoms with Gasteiger partial charge in [-0.15, -0.1) is 0 Å². The van der Waals surface area contributed by atoms with E-state index < -0.39 is 5.97 Å². The normalized spacial score (nSPS) is 10.4. The van der Waals surface area contributed by atoms with E-state index in [1.807, 2.05) is 6.92 Å². The van der Waals surface area contributed by atoms with E-state index in [2.05, 4.69) is 15.4 Å². The maximum atomic E-state index is 12.2. The smallest absolute Gasteiger partial charge is 0.337 e. The second-order valence-corrected chi connectivity index (χ2v) is 5.74. The molecule has 0 bridgehead atoms. The van der Waals surface area contributed by atoms with Crippen LogP contribution in [-0.2, 0) is 9.53 Å². The van der Waals surface area contributed by atoms with Crippen molar-refractivity contribution in [3.05, 3.63) is 71.3 Å². The summed E-state index contributed by atoms with van der Waals surface area (Å²) in [4.78, 5) is 35.8. The number of nitrogens with one attached hydrogen (secondary N) is 2. The van der Waals surface area contributed by atoms with Crippen molar-refractivity contribution in [1.29, 1.82) is 0 Å². The fraction of sp³-hybridized carbons (Fsp3) is 0.190. The number of benzene rings is 2. The number of amides is 2. The average Bonchev–Trinajstić information content (AvgIpc) is 2.70. The number of para-hydroxylation sites is 1. The van der Waals surface area contributed by atoms with Crippen LogP contribution in [0.15, 0.2) is 54.6 Å². The first-order valence-electron chi connectivity index (χ1n) is 8.59. The predicted molar refractivity (Wildman–Crippen MR) is 105 cm³/mol. The molecule has 0 radical (unpaired) electrons. The van der Waals surface area contributed by atoms with Crippen LogP contribution in [0.5, 0.6) is 0 Å². The van der Waals surface area contributed by atoms with Crippen LogP contribution in [0.25, 0.3) is 6.08 Å². The fourth-order valence-electron chi connectivity index (χ4n) is 2.32. The third-order valence-electron chi connectivity index (χ3n) is 3.72. The van der Waals surface area contributed by atoms with E-state index >= 15 is 0 Å². The van der Waals surface area contributed by atoms with Gasteiger partial charge in [-0.1, -0.05) is 31.2 Å². The Morgan fingerprint density at radius 1 is 1.04 bits per heavy atom. The Morgan fingerprint density at radius 3 is 2.41 bits per heavy atom. The highest BCUT2D eigenvalue weighted by Crippen LogP contribution is 2.15. The van der Waals surface area contributed by atoms with Crippen molar-refractivity contribution in [3.63, 3.8) is 0 Å². The molecule has 6 heteroatoms. The molecule has 0 aliphatic heterocycles. The van der Waals surface area contributed by atoms with Crippen LogP contribution in [0.4, 0.5) is 5.69 Å². The molecule has 27 heavy (non-hydrogen) atoms. The molecular formula is C21H22N2O4. The van der Waals surface area contributed by atoms with Crippen molar-refractivity contribution in [1.82, 2.24) is 5.32 Å². The molecule has 2 amide bonds. The maximum absolute atomic E-state index is 12.2. The van der Waals surface area contributed by atoms with Crippen molar-refractivity contribution in [2.24, 2.45) is 0 Å². The molecule has 0 heterocycles. The Bertz CT molecular complexity index is 842. The molecule has 140 valence electrons. The summed E-state index contributed by atoms with van der Waals surface area (Å²) >= 11 is 0. The molecule has 2 N–H and O–H groups in total. The minimum Gasteiger partial charge on any atom is -0.465 e. The Morgan fingerprint density at radius 2 is 1.74 bits per heavy atom. The number of carbonyl (C=O) groups excluding carboxylic acids is 3. The molecule has 0 fully saturated rings. The quantitative estimate of drug-likeness (QED) is 0.582. The highest BCUT2D eigenvalue weighted by atomic mass is 16.5.